The Balaban J connectivity index is 2.60. The van der Waals surface area contributed by atoms with E-state index in [9.17, 15) is 20.1 Å². The third kappa shape index (κ3) is 5.10. The average Bonchev–Trinajstić information content (AvgIpc) is 2.88. The van der Waals surface area contributed by atoms with Crippen molar-refractivity contribution in [1.29, 1.82) is 0 Å². The second kappa shape index (κ2) is 7.40. The molecule has 1 unspecified atom stereocenters. The number of ether oxygens (including phenoxy) is 1. The summed E-state index contributed by atoms with van der Waals surface area (Å²) >= 11 is 0. The molecule has 0 saturated carbocycles. The molecule has 0 aromatic carbocycles. The molecule has 1 atom stereocenters. The summed E-state index contributed by atoms with van der Waals surface area (Å²) in [7, 11) is 0. The predicted octanol–water partition coefficient (Wildman–Crippen LogP) is -0.309. The molecule has 1 saturated heterocycles. The van der Waals surface area contributed by atoms with Crippen LogP contribution in [-0.4, -0.2) is 76.4 Å². The third-order valence-corrected chi connectivity index (χ3v) is 3.63. The molecule has 1 aliphatic heterocycles. The number of hydrogen-bond acceptors (Lipinski definition) is 6. The van der Waals surface area contributed by atoms with E-state index < -0.39 is 11.1 Å². The Morgan fingerprint density at radius 3 is 2.29 bits per heavy atom. The van der Waals surface area contributed by atoms with Crippen molar-refractivity contribution in [3.05, 3.63) is 0 Å². The zero-order valence-electron chi connectivity index (χ0n) is 13.1. The van der Waals surface area contributed by atoms with Crippen LogP contribution in [-0.2, 0) is 4.74 Å². The van der Waals surface area contributed by atoms with E-state index in [2.05, 4.69) is 5.32 Å². The molecule has 1 rings (SSSR count). The van der Waals surface area contributed by atoms with Crippen LogP contribution in [0.2, 0.25) is 0 Å². The van der Waals surface area contributed by atoms with Gasteiger partial charge in [0.05, 0.1) is 25.4 Å². The summed E-state index contributed by atoms with van der Waals surface area (Å²) in [6.07, 6.45) is 1.36. The molecular weight excluding hydrogens is 276 g/mol. The minimum absolute atomic E-state index is 0.0659. The van der Waals surface area contributed by atoms with Crippen molar-refractivity contribution in [2.75, 3.05) is 32.9 Å². The molecule has 1 aliphatic rings. The van der Waals surface area contributed by atoms with E-state index in [1.54, 1.807) is 4.90 Å². The Kier molecular flexibility index (Phi) is 6.40. The summed E-state index contributed by atoms with van der Waals surface area (Å²) in [5, 5.41) is 30.8. The highest BCUT2D eigenvalue weighted by Crippen LogP contribution is 2.21. The van der Waals surface area contributed by atoms with Crippen molar-refractivity contribution in [2.45, 2.75) is 50.8 Å². The average molecular weight is 304 g/mol. The Hall–Kier alpha value is -0.890. The number of hydrogen-bond donors (Lipinski definition) is 4. The largest absolute Gasteiger partial charge is 0.444 e. The lowest BCUT2D eigenvalue weighted by Gasteiger charge is -2.33. The molecule has 7 heteroatoms. The van der Waals surface area contributed by atoms with Crippen LogP contribution in [0.4, 0.5) is 4.79 Å². The number of carbonyl (C=O) groups excluding carboxylic acids is 1. The molecular formula is C14H28N2O5. The van der Waals surface area contributed by atoms with Crippen LogP contribution in [0.15, 0.2) is 0 Å². The van der Waals surface area contributed by atoms with Crippen molar-refractivity contribution in [3.63, 3.8) is 0 Å². The van der Waals surface area contributed by atoms with Gasteiger partial charge in [0.2, 0.25) is 0 Å². The van der Waals surface area contributed by atoms with Gasteiger partial charge in [-0.3, -0.25) is 0 Å². The Labute approximate surface area is 125 Å². The number of aliphatic hydroxyl groups excluding tert-OH is 3. The second-order valence-electron chi connectivity index (χ2n) is 6.61. The molecule has 124 valence electrons. The van der Waals surface area contributed by atoms with Gasteiger partial charge in [-0.05, 0) is 33.6 Å². The van der Waals surface area contributed by atoms with Crippen molar-refractivity contribution in [3.8, 4) is 0 Å². The van der Waals surface area contributed by atoms with Gasteiger partial charge in [0.1, 0.15) is 5.60 Å². The van der Waals surface area contributed by atoms with E-state index in [1.807, 2.05) is 20.8 Å². The molecule has 21 heavy (non-hydrogen) atoms. The van der Waals surface area contributed by atoms with Crippen molar-refractivity contribution >= 4 is 6.09 Å². The van der Waals surface area contributed by atoms with Crippen LogP contribution in [0, 0.1) is 0 Å². The first-order valence-electron chi connectivity index (χ1n) is 7.34. The summed E-state index contributed by atoms with van der Waals surface area (Å²) in [5.74, 6) is 0. The molecule has 0 bridgehead atoms. The fourth-order valence-corrected chi connectivity index (χ4v) is 2.26. The van der Waals surface area contributed by atoms with Gasteiger partial charge in [-0.15, -0.1) is 0 Å². The molecule has 0 spiro atoms. The first kappa shape index (κ1) is 18.2. The summed E-state index contributed by atoms with van der Waals surface area (Å²) in [6, 6.07) is -0.0659. The van der Waals surface area contributed by atoms with Crippen LogP contribution in [0.5, 0.6) is 0 Å². The highest BCUT2D eigenvalue weighted by Gasteiger charge is 2.35. The summed E-state index contributed by atoms with van der Waals surface area (Å²) in [4.78, 5) is 13.8. The fourth-order valence-electron chi connectivity index (χ4n) is 2.26. The lowest BCUT2D eigenvalue weighted by Crippen LogP contribution is -2.58. The molecule has 0 aromatic rings. The van der Waals surface area contributed by atoms with Gasteiger partial charge < -0.3 is 30.3 Å². The zero-order chi connectivity index (χ0) is 16.1. The number of nitrogens with zero attached hydrogens (tertiary/aromatic N) is 1. The molecule has 1 heterocycles. The summed E-state index contributed by atoms with van der Waals surface area (Å²) in [5.41, 5.74) is -1.66. The fraction of sp³-hybridized carbons (Fsp3) is 0.929. The second-order valence-corrected chi connectivity index (χ2v) is 6.61. The van der Waals surface area contributed by atoms with E-state index in [0.29, 0.717) is 13.1 Å². The van der Waals surface area contributed by atoms with Gasteiger partial charge in [-0.1, -0.05) is 0 Å². The number of likely N-dealkylation sites (tertiary alicyclic amines) is 1. The minimum atomic E-state index is -1.12. The highest BCUT2D eigenvalue weighted by atomic mass is 16.6. The number of rotatable bonds is 6. The monoisotopic (exact) mass is 304 g/mol. The van der Waals surface area contributed by atoms with E-state index >= 15 is 0 Å². The highest BCUT2D eigenvalue weighted by molar-refractivity contribution is 5.69. The van der Waals surface area contributed by atoms with Crippen molar-refractivity contribution in [1.82, 2.24) is 10.2 Å². The van der Waals surface area contributed by atoms with Gasteiger partial charge in [-0.25, -0.2) is 4.79 Å². The van der Waals surface area contributed by atoms with Gasteiger partial charge >= 0.3 is 6.09 Å². The van der Waals surface area contributed by atoms with E-state index in [1.165, 1.54) is 0 Å². The van der Waals surface area contributed by atoms with E-state index in [0.717, 1.165) is 12.8 Å². The quantitative estimate of drug-likeness (QED) is 0.537. The molecule has 1 amide bonds. The number of amides is 1. The summed E-state index contributed by atoms with van der Waals surface area (Å²) in [6.45, 7) is 5.36. The minimum Gasteiger partial charge on any atom is -0.444 e. The van der Waals surface area contributed by atoms with Crippen LogP contribution in [0.1, 0.15) is 33.6 Å². The van der Waals surface area contributed by atoms with Crippen molar-refractivity contribution in [2.24, 2.45) is 0 Å². The lowest BCUT2D eigenvalue weighted by atomic mass is 10.0. The standard InChI is InChI=1S/C14H28N2O5/c1-13(2,3)21-12(20)16-6-4-5-11(16)7-15-14(8-17,9-18)10-19/h11,15,17-19H,4-10H2,1-3H3. The lowest BCUT2D eigenvalue weighted by molar-refractivity contribution is 0.0171. The maximum absolute atomic E-state index is 12.1. The molecule has 1 fully saturated rings. The molecule has 0 radical (unpaired) electrons. The maximum atomic E-state index is 12.1. The normalized spacial score (nSPS) is 19.9. The van der Waals surface area contributed by atoms with Gasteiger partial charge in [-0.2, -0.15) is 0 Å². The topological polar surface area (TPSA) is 102 Å². The third-order valence-electron chi connectivity index (χ3n) is 3.63. The summed E-state index contributed by atoms with van der Waals surface area (Å²) < 4.78 is 5.37. The Bertz CT molecular complexity index is 330. The smallest absolute Gasteiger partial charge is 0.410 e. The first-order chi connectivity index (χ1) is 9.77. The maximum Gasteiger partial charge on any atom is 0.410 e. The first-order valence-corrected chi connectivity index (χ1v) is 7.34. The zero-order valence-corrected chi connectivity index (χ0v) is 13.1. The van der Waals surface area contributed by atoms with Gasteiger partial charge in [0.25, 0.3) is 0 Å². The molecule has 0 aromatic heterocycles. The van der Waals surface area contributed by atoms with Crippen LogP contribution in [0.3, 0.4) is 0 Å². The van der Waals surface area contributed by atoms with Gasteiger partial charge in [0, 0.05) is 19.1 Å². The molecule has 7 nitrogen and oxygen atoms in total. The van der Waals surface area contributed by atoms with E-state index in [4.69, 9.17) is 4.74 Å². The Morgan fingerprint density at radius 2 is 1.81 bits per heavy atom. The SMILES string of the molecule is CC(C)(C)OC(=O)N1CCCC1CNC(CO)(CO)CO. The predicted molar refractivity (Wildman–Crippen MR) is 78.0 cm³/mol. The van der Waals surface area contributed by atoms with Crippen LogP contribution in [0.25, 0.3) is 0 Å². The van der Waals surface area contributed by atoms with Gasteiger partial charge in [0.15, 0.2) is 0 Å². The van der Waals surface area contributed by atoms with Crippen LogP contribution >= 0.6 is 0 Å². The molecule has 4 N–H and O–H groups in total. The van der Waals surface area contributed by atoms with E-state index in [-0.39, 0.29) is 32.0 Å². The van der Waals surface area contributed by atoms with Crippen molar-refractivity contribution < 1.29 is 24.9 Å². The number of nitrogens with one attached hydrogen (secondary N) is 1. The molecule has 0 aliphatic carbocycles. The Morgan fingerprint density at radius 1 is 1.24 bits per heavy atom. The number of aliphatic hydroxyl groups is 3. The van der Waals surface area contributed by atoms with Crippen LogP contribution < -0.4 is 5.32 Å². The number of carbonyl (C=O) groups is 1.